The van der Waals surface area contributed by atoms with Gasteiger partial charge in [-0.05, 0) is 18.6 Å². The van der Waals surface area contributed by atoms with Crippen molar-refractivity contribution in [1.82, 2.24) is 4.90 Å². The molecular formula is C12H12ClNO4. The molecule has 1 N–H and O–H groups in total. The van der Waals surface area contributed by atoms with E-state index in [9.17, 15) is 9.59 Å². The molecule has 1 aliphatic rings. The fourth-order valence-corrected chi connectivity index (χ4v) is 1.99. The molecule has 0 saturated carbocycles. The number of hydrogen-bond acceptors (Lipinski definition) is 3. The Morgan fingerprint density at radius 3 is 2.72 bits per heavy atom. The van der Waals surface area contributed by atoms with Crippen LogP contribution in [0.3, 0.4) is 0 Å². The molecule has 96 valence electrons. The van der Waals surface area contributed by atoms with Gasteiger partial charge in [-0.2, -0.15) is 0 Å². The number of halogens is 1. The lowest BCUT2D eigenvalue weighted by Gasteiger charge is -2.15. The maximum absolute atomic E-state index is 11.8. The summed E-state index contributed by atoms with van der Waals surface area (Å²) in [6.07, 6.45) is -0.112. The predicted molar refractivity (Wildman–Crippen MR) is 64.8 cm³/mol. The third-order valence-electron chi connectivity index (χ3n) is 2.83. The Kier molecular flexibility index (Phi) is 3.72. The second-order valence-corrected chi connectivity index (χ2v) is 4.48. The van der Waals surface area contributed by atoms with Crippen LogP contribution in [0.4, 0.5) is 4.79 Å². The van der Waals surface area contributed by atoms with Crippen molar-refractivity contribution in [2.24, 2.45) is 5.92 Å². The maximum atomic E-state index is 11.8. The van der Waals surface area contributed by atoms with E-state index in [1.54, 1.807) is 24.3 Å². The average Bonchev–Trinajstić information content (AvgIpc) is 2.81. The number of rotatable bonds is 2. The van der Waals surface area contributed by atoms with E-state index in [0.29, 0.717) is 18.0 Å². The van der Waals surface area contributed by atoms with Gasteiger partial charge in [0.2, 0.25) is 0 Å². The number of benzene rings is 1. The first-order valence-corrected chi connectivity index (χ1v) is 5.90. The highest BCUT2D eigenvalue weighted by Gasteiger charge is 2.32. The Labute approximate surface area is 109 Å². The van der Waals surface area contributed by atoms with Gasteiger partial charge in [0.05, 0.1) is 10.9 Å². The number of ether oxygens (including phenoxy) is 1. The highest BCUT2D eigenvalue weighted by molar-refractivity contribution is 6.32. The fourth-order valence-electron chi connectivity index (χ4n) is 1.81. The van der Waals surface area contributed by atoms with Gasteiger partial charge in [0.1, 0.15) is 0 Å². The van der Waals surface area contributed by atoms with E-state index in [1.807, 2.05) is 0 Å². The van der Waals surface area contributed by atoms with Crippen LogP contribution < -0.4 is 4.74 Å². The number of carbonyl (C=O) groups is 2. The maximum Gasteiger partial charge on any atom is 0.415 e. The molecule has 18 heavy (non-hydrogen) atoms. The van der Waals surface area contributed by atoms with Crippen LogP contribution in [0.2, 0.25) is 5.02 Å². The lowest BCUT2D eigenvalue weighted by Crippen LogP contribution is -2.32. The number of amides is 1. The third kappa shape index (κ3) is 2.73. The van der Waals surface area contributed by atoms with E-state index in [-0.39, 0.29) is 12.3 Å². The molecule has 1 amide bonds. The van der Waals surface area contributed by atoms with Gasteiger partial charge in [-0.1, -0.05) is 23.7 Å². The highest BCUT2D eigenvalue weighted by Crippen LogP contribution is 2.25. The number of aliphatic carboxylic acids is 1. The number of likely N-dealkylation sites (tertiary alicyclic amines) is 1. The second kappa shape index (κ2) is 5.27. The molecule has 1 aromatic rings. The van der Waals surface area contributed by atoms with Crippen molar-refractivity contribution in [3.8, 4) is 5.75 Å². The summed E-state index contributed by atoms with van der Waals surface area (Å²) >= 11 is 5.86. The number of carboxylic acids is 1. The molecule has 1 aromatic carbocycles. The molecule has 1 fully saturated rings. The number of carbonyl (C=O) groups excluding carboxylic acids is 1. The SMILES string of the molecule is O=C(O)C1CCN(C(=O)Oc2ccccc2Cl)C1. The molecule has 1 saturated heterocycles. The van der Waals surface area contributed by atoms with Gasteiger partial charge >= 0.3 is 12.1 Å². The summed E-state index contributed by atoms with van der Waals surface area (Å²) in [7, 11) is 0. The number of hydrogen-bond donors (Lipinski definition) is 1. The predicted octanol–water partition coefficient (Wildman–Crippen LogP) is 2.25. The molecule has 0 bridgehead atoms. The van der Waals surface area contributed by atoms with E-state index in [1.165, 1.54) is 4.90 Å². The summed E-state index contributed by atoms with van der Waals surface area (Å²) in [5.74, 6) is -1.12. The average molecular weight is 270 g/mol. The zero-order valence-corrected chi connectivity index (χ0v) is 10.3. The summed E-state index contributed by atoms with van der Waals surface area (Å²) in [6, 6.07) is 6.65. The monoisotopic (exact) mass is 269 g/mol. The minimum Gasteiger partial charge on any atom is -0.481 e. The molecule has 6 heteroatoms. The van der Waals surface area contributed by atoms with Crippen molar-refractivity contribution >= 4 is 23.7 Å². The van der Waals surface area contributed by atoms with E-state index < -0.39 is 18.0 Å². The molecule has 0 aliphatic carbocycles. The van der Waals surface area contributed by atoms with Crippen LogP contribution >= 0.6 is 11.6 Å². The zero-order chi connectivity index (χ0) is 13.1. The molecule has 1 atom stereocenters. The lowest BCUT2D eigenvalue weighted by molar-refractivity contribution is -0.141. The van der Waals surface area contributed by atoms with E-state index in [0.717, 1.165) is 0 Å². The zero-order valence-electron chi connectivity index (χ0n) is 9.51. The standard InChI is InChI=1S/C12H12ClNO4/c13-9-3-1-2-4-10(9)18-12(17)14-6-5-8(7-14)11(15)16/h1-4,8H,5-7H2,(H,15,16). The Morgan fingerprint density at radius 1 is 1.39 bits per heavy atom. The fraction of sp³-hybridized carbons (Fsp3) is 0.333. The largest absolute Gasteiger partial charge is 0.481 e. The first kappa shape index (κ1) is 12.7. The molecule has 2 rings (SSSR count). The van der Waals surface area contributed by atoms with Crippen molar-refractivity contribution in [2.45, 2.75) is 6.42 Å². The molecule has 1 aliphatic heterocycles. The van der Waals surface area contributed by atoms with Gasteiger partial charge in [0.15, 0.2) is 5.75 Å². The molecule has 0 aromatic heterocycles. The summed E-state index contributed by atoms with van der Waals surface area (Å²) in [5, 5.41) is 9.19. The van der Waals surface area contributed by atoms with Gasteiger partial charge in [-0.15, -0.1) is 0 Å². The van der Waals surface area contributed by atoms with Crippen LogP contribution in [0.1, 0.15) is 6.42 Å². The Bertz CT molecular complexity index is 477. The van der Waals surface area contributed by atoms with Gasteiger partial charge in [-0.25, -0.2) is 4.79 Å². The van der Waals surface area contributed by atoms with E-state index in [2.05, 4.69) is 0 Å². The van der Waals surface area contributed by atoms with Crippen molar-refractivity contribution in [1.29, 1.82) is 0 Å². The molecule has 0 radical (unpaired) electrons. The van der Waals surface area contributed by atoms with Crippen LogP contribution in [0.15, 0.2) is 24.3 Å². The Hall–Kier alpha value is -1.75. The van der Waals surface area contributed by atoms with Crippen LogP contribution in [-0.2, 0) is 4.79 Å². The molecule has 0 spiro atoms. The third-order valence-corrected chi connectivity index (χ3v) is 3.14. The van der Waals surface area contributed by atoms with Gasteiger partial charge < -0.3 is 14.7 Å². The summed E-state index contributed by atoms with van der Waals surface area (Å²) < 4.78 is 5.12. The smallest absolute Gasteiger partial charge is 0.415 e. The number of carboxylic acid groups (broad SMARTS) is 1. The van der Waals surface area contributed by atoms with Crippen LogP contribution in [0, 0.1) is 5.92 Å². The van der Waals surface area contributed by atoms with Crippen molar-refractivity contribution < 1.29 is 19.4 Å². The van der Waals surface area contributed by atoms with Crippen molar-refractivity contribution in [3.05, 3.63) is 29.3 Å². The quantitative estimate of drug-likeness (QED) is 0.894. The summed E-state index contributed by atoms with van der Waals surface area (Å²) in [5.41, 5.74) is 0. The first-order chi connectivity index (χ1) is 8.58. The molecule has 1 unspecified atom stereocenters. The minimum atomic E-state index is -0.886. The van der Waals surface area contributed by atoms with Crippen LogP contribution in [0.25, 0.3) is 0 Å². The number of para-hydroxylation sites is 1. The Morgan fingerprint density at radius 2 is 2.11 bits per heavy atom. The molecule has 1 heterocycles. The van der Waals surface area contributed by atoms with Crippen molar-refractivity contribution in [3.63, 3.8) is 0 Å². The van der Waals surface area contributed by atoms with Gasteiger partial charge in [0, 0.05) is 13.1 Å². The highest BCUT2D eigenvalue weighted by atomic mass is 35.5. The first-order valence-electron chi connectivity index (χ1n) is 5.52. The minimum absolute atomic E-state index is 0.179. The molecule has 5 nitrogen and oxygen atoms in total. The molecular weight excluding hydrogens is 258 g/mol. The van der Waals surface area contributed by atoms with Gasteiger partial charge in [0.25, 0.3) is 0 Å². The van der Waals surface area contributed by atoms with E-state index >= 15 is 0 Å². The van der Waals surface area contributed by atoms with Crippen LogP contribution in [-0.4, -0.2) is 35.2 Å². The van der Waals surface area contributed by atoms with E-state index in [4.69, 9.17) is 21.4 Å². The second-order valence-electron chi connectivity index (χ2n) is 4.07. The summed E-state index contributed by atoms with van der Waals surface area (Å²) in [6.45, 7) is 0.568. The van der Waals surface area contributed by atoms with Crippen LogP contribution in [0.5, 0.6) is 5.75 Å². The van der Waals surface area contributed by atoms with Crippen molar-refractivity contribution in [2.75, 3.05) is 13.1 Å². The number of nitrogens with zero attached hydrogens (tertiary/aromatic N) is 1. The Balaban J connectivity index is 1.98. The lowest BCUT2D eigenvalue weighted by atomic mass is 10.1. The normalized spacial score (nSPS) is 18.7. The topological polar surface area (TPSA) is 66.8 Å². The summed E-state index contributed by atoms with van der Waals surface area (Å²) in [4.78, 5) is 23.9. The van der Waals surface area contributed by atoms with Gasteiger partial charge in [-0.3, -0.25) is 4.79 Å².